The van der Waals surface area contributed by atoms with Gasteiger partial charge in [-0.3, -0.25) is 14.9 Å². The van der Waals surface area contributed by atoms with Gasteiger partial charge >= 0.3 is 0 Å². The molecule has 1 fully saturated rings. The molecule has 2 aromatic rings. The number of nitro benzene ring substituents is 1. The van der Waals surface area contributed by atoms with Crippen LogP contribution in [0.5, 0.6) is 0 Å². The van der Waals surface area contributed by atoms with Gasteiger partial charge in [-0.15, -0.1) is 0 Å². The Balaban J connectivity index is 1.77. The second-order valence-electron chi connectivity index (χ2n) is 8.00. The van der Waals surface area contributed by atoms with E-state index in [-0.39, 0.29) is 11.6 Å². The lowest BCUT2D eigenvalue weighted by Gasteiger charge is -2.35. The quantitative estimate of drug-likeness (QED) is 0.586. The second-order valence-corrected chi connectivity index (χ2v) is 8.00. The summed E-state index contributed by atoms with van der Waals surface area (Å²) in [5, 5.41) is 20.8. The molecule has 150 valence electrons. The first kappa shape index (κ1) is 20.3. The lowest BCUT2D eigenvalue weighted by atomic mass is 9.85. The second kappa shape index (κ2) is 7.87. The van der Waals surface area contributed by atoms with Gasteiger partial charge in [-0.2, -0.15) is 5.26 Å². The van der Waals surface area contributed by atoms with Crippen LogP contribution in [-0.2, 0) is 5.41 Å². The Morgan fingerprint density at radius 2 is 1.90 bits per heavy atom. The zero-order valence-corrected chi connectivity index (χ0v) is 16.8. The number of piperazine rings is 1. The van der Waals surface area contributed by atoms with Crippen molar-refractivity contribution >= 4 is 17.4 Å². The van der Waals surface area contributed by atoms with Crippen molar-refractivity contribution in [2.45, 2.75) is 26.2 Å². The molecule has 0 atom stereocenters. The molecule has 8 heteroatoms. The highest BCUT2D eigenvalue weighted by Crippen LogP contribution is 2.32. The van der Waals surface area contributed by atoms with Crippen molar-refractivity contribution in [1.82, 2.24) is 9.88 Å². The van der Waals surface area contributed by atoms with E-state index in [1.54, 1.807) is 35.4 Å². The number of nitrogens with zero attached hydrogens (tertiary/aromatic N) is 5. The molecule has 0 bridgehead atoms. The van der Waals surface area contributed by atoms with Crippen LogP contribution in [0.2, 0.25) is 0 Å². The van der Waals surface area contributed by atoms with E-state index in [2.05, 4.69) is 11.1 Å². The van der Waals surface area contributed by atoms with E-state index >= 15 is 0 Å². The summed E-state index contributed by atoms with van der Waals surface area (Å²) in [5.41, 5.74) is 0.989. The van der Waals surface area contributed by atoms with Crippen molar-refractivity contribution in [2.24, 2.45) is 0 Å². The lowest BCUT2D eigenvalue weighted by molar-refractivity contribution is -0.386. The van der Waals surface area contributed by atoms with Crippen LogP contribution in [0, 0.1) is 21.4 Å². The predicted molar refractivity (Wildman–Crippen MR) is 109 cm³/mol. The Bertz CT molecular complexity index is 983. The number of rotatable bonds is 3. The molecular weight excluding hydrogens is 370 g/mol. The highest BCUT2D eigenvalue weighted by molar-refractivity contribution is 5.95. The van der Waals surface area contributed by atoms with Crippen molar-refractivity contribution < 1.29 is 9.72 Å². The Labute approximate surface area is 169 Å². The smallest absolute Gasteiger partial charge is 0.273 e. The van der Waals surface area contributed by atoms with Crippen molar-refractivity contribution in [2.75, 3.05) is 31.1 Å². The standard InChI is InChI=1S/C21H23N5O3/c1-21(2,3)17-7-6-15(13-18(17)26(28)29)20(27)25-11-9-24(10-12-25)19-16(14-22)5-4-8-23-19/h4-8,13H,9-12H2,1-3H3. The number of anilines is 1. The summed E-state index contributed by atoms with van der Waals surface area (Å²) in [6.07, 6.45) is 1.64. The SMILES string of the molecule is CC(C)(C)c1ccc(C(=O)N2CCN(c3ncccc3C#N)CC2)cc1[N+](=O)[O-]. The van der Waals surface area contributed by atoms with Crippen LogP contribution in [0.4, 0.5) is 11.5 Å². The van der Waals surface area contributed by atoms with Crippen molar-refractivity contribution in [3.63, 3.8) is 0 Å². The number of carbonyl (C=O) groups is 1. The number of hydrogen-bond acceptors (Lipinski definition) is 6. The number of nitriles is 1. The van der Waals surface area contributed by atoms with Gasteiger partial charge < -0.3 is 9.80 Å². The van der Waals surface area contributed by atoms with Crippen LogP contribution in [0.3, 0.4) is 0 Å². The summed E-state index contributed by atoms with van der Waals surface area (Å²) in [6.45, 7) is 7.71. The summed E-state index contributed by atoms with van der Waals surface area (Å²) >= 11 is 0. The Hall–Kier alpha value is -3.47. The van der Waals surface area contributed by atoms with E-state index in [1.165, 1.54) is 6.07 Å². The largest absolute Gasteiger partial charge is 0.352 e. The Morgan fingerprint density at radius 1 is 1.21 bits per heavy atom. The molecule has 1 aromatic heterocycles. The summed E-state index contributed by atoms with van der Waals surface area (Å²) in [7, 11) is 0. The van der Waals surface area contributed by atoms with E-state index in [0.29, 0.717) is 48.7 Å². The molecule has 1 aliphatic rings. The van der Waals surface area contributed by atoms with Gasteiger partial charge in [0.1, 0.15) is 11.9 Å². The van der Waals surface area contributed by atoms with E-state index < -0.39 is 10.3 Å². The molecule has 0 unspecified atom stereocenters. The highest BCUT2D eigenvalue weighted by Gasteiger charge is 2.29. The molecule has 1 aliphatic heterocycles. The average Bonchev–Trinajstić information content (AvgIpc) is 2.72. The Morgan fingerprint density at radius 3 is 2.48 bits per heavy atom. The minimum absolute atomic E-state index is 0.0332. The van der Waals surface area contributed by atoms with Crippen LogP contribution in [0.1, 0.15) is 42.3 Å². The van der Waals surface area contributed by atoms with Crippen LogP contribution in [-0.4, -0.2) is 46.9 Å². The van der Waals surface area contributed by atoms with Crippen LogP contribution in [0.25, 0.3) is 0 Å². The first-order valence-corrected chi connectivity index (χ1v) is 9.40. The van der Waals surface area contributed by atoms with Gasteiger partial charge in [-0.05, 0) is 23.6 Å². The van der Waals surface area contributed by atoms with Gasteiger partial charge in [0.15, 0.2) is 0 Å². The normalized spacial score (nSPS) is 14.4. The zero-order chi connectivity index (χ0) is 21.2. The molecule has 1 saturated heterocycles. The van der Waals surface area contributed by atoms with Crippen molar-refractivity contribution in [3.05, 3.63) is 63.3 Å². The molecule has 0 radical (unpaired) electrons. The van der Waals surface area contributed by atoms with Gasteiger partial charge in [0.2, 0.25) is 0 Å². The molecule has 0 saturated carbocycles. The van der Waals surface area contributed by atoms with E-state index in [1.807, 2.05) is 25.7 Å². The van der Waals surface area contributed by atoms with Gasteiger partial charge in [0.25, 0.3) is 11.6 Å². The van der Waals surface area contributed by atoms with Gasteiger partial charge in [-0.1, -0.05) is 26.8 Å². The summed E-state index contributed by atoms with van der Waals surface area (Å²) in [6, 6.07) is 10.3. The number of aromatic nitrogens is 1. The third-order valence-electron chi connectivity index (χ3n) is 5.02. The fourth-order valence-corrected chi connectivity index (χ4v) is 3.49. The molecule has 1 amide bonds. The summed E-state index contributed by atoms with van der Waals surface area (Å²) in [4.78, 5) is 32.0. The molecule has 0 spiro atoms. The maximum atomic E-state index is 12.9. The summed E-state index contributed by atoms with van der Waals surface area (Å²) in [5.74, 6) is 0.391. The molecule has 29 heavy (non-hydrogen) atoms. The van der Waals surface area contributed by atoms with E-state index in [0.717, 1.165) is 0 Å². The van der Waals surface area contributed by atoms with Crippen LogP contribution < -0.4 is 4.90 Å². The fourth-order valence-electron chi connectivity index (χ4n) is 3.49. The maximum Gasteiger partial charge on any atom is 0.273 e. The minimum Gasteiger partial charge on any atom is -0.352 e. The lowest BCUT2D eigenvalue weighted by Crippen LogP contribution is -2.49. The number of benzene rings is 1. The average molecular weight is 393 g/mol. The molecule has 0 N–H and O–H groups in total. The van der Waals surface area contributed by atoms with Crippen LogP contribution in [0.15, 0.2) is 36.5 Å². The number of amides is 1. The predicted octanol–water partition coefficient (Wildman–Crippen LogP) is 3.12. The molecule has 1 aromatic carbocycles. The topological polar surface area (TPSA) is 103 Å². The highest BCUT2D eigenvalue weighted by atomic mass is 16.6. The molecule has 8 nitrogen and oxygen atoms in total. The van der Waals surface area contributed by atoms with Gasteiger partial charge in [0.05, 0.1) is 10.5 Å². The van der Waals surface area contributed by atoms with Gasteiger partial charge in [0, 0.05) is 49.6 Å². The first-order valence-electron chi connectivity index (χ1n) is 9.40. The van der Waals surface area contributed by atoms with Crippen molar-refractivity contribution in [3.8, 4) is 6.07 Å². The molecular formula is C21H23N5O3. The van der Waals surface area contributed by atoms with Crippen LogP contribution >= 0.6 is 0 Å². The maximum absolute atomic E-state index is 12.9. The first-order chi connectivity index (χ1) is 13.7. The minimum atomic E-state index is -0.431. The number of pyridine rings is 1. The fraction of sp³-hybridized carbons (Fsp3) is 0.381. The molecule has 2 heterocycles. The monoisotopic (exact) mass is 393 g/mol. The van der Waals surface area contributed by atoms with Crippen molar-refractivity contribution in [1.29, 1.82) is 5.26 Å². The number of nitro groups is 1. The number of hydrogen-bond donors (Lipinski definition) is 0. The van der Waals surface area contributed by atoms with Gasteiger partial charge in [-0.25, -0.2) is 4.98 Å². The van der Waals surface area contributed by atoms with E-state index in [4.69, 9.17) is 0 Å². The number of carbonyl (C=O) groups excluding carboxylic acids is 1. The Kier molecular flexibility index (Phi) is 5.50. The molecule has 0 aliphatic carbocycles. The third-order valence-corrected chi connectivity index (χ3v) is 5.02. The third kappa shape index (κ3) is 4.19. The van der Waals surface area contributed by atoms with E-state index in [9.17, 15) is 20.2 Å². The zero-order valence-electron chi connectivity index (χ0n) is 16.8. The molecule has 3 rings (SSSR count). The summed E-state index contributed by atoms with van der Waals surface area (Å²) < 4.78 is 0.